The molecule has 0 aromatic heterocycles. The van der Waals surface area contributed by atoms with Gasteiger partial charge >= 0.3 is 0 Å². The number of nitrogens with one attached hydrogen (secondary N) is 2. The van der Waals surface area contributed by atoms with Crippen LogP contribution in [0.2, 0.25) is 0 Å². The standard InChI is InChI=1S/C21H30N4O2/c1-6-27-19-12-11-18(13-20(19)26-5)24-21(22-2)23-14-16-7-9-17(10-8-16)15-25(3)4/h7-13H,6,14-15H2,1-5H3,(H2,22,23,24). The topological polar surface area (TPSA) is 58.1 Å². The van der Waals surface area contributed by atoms with Crippen LogP contribution in [-0.4, -0.2) is 45.7 Å². The number of guanidine groups is 1. The van der Waals surface area contributed by atoms with Gasteiger partial charge in [-0.25, -0.2) is 0 Å². The first-order valence-electron chi connectivity index (χ1n) is 9.06. The van der Waals surface area contributed by atoms with Gasteiger partial charge in [-0.05, 0) is 44.3 Å². The van der Waals surface area contributed by atoms with Gasteiger partial charge in [0.05, 0.1) is 13.7 Å². The molecule has 2 rings (SSSR count). The Morgan fingerprint density at radius 2 is 1.74 bits per heavy atom. The Labute approximate surface area is 162 Å². The van der Waals surface area contributed by atoms with Crippen LogP contribution in [0.15, 0.2) is 47.5 Å². The Balaban J connectivity index is 1.96. The molecule has 0 fully saturated rings. The number of hydrogen-bond donors (Lipinski definition) is 2. The minimum absolute atomic E-state index is 0.597. The summed E-state index contributed by atoms with van der Waals surface area (Å²) in [6.07, 6.45) is 0. The number of benzene rings is 2. The molecular weight excluding hydrogens is 340 g/mol. The molecule has 2 aromatic rings. The van der Waals surface area contributed by atoms with E-state index in [0.29, 0.717) is 24.9 Å². The van der Waals surface area contributed by atoms with Crippen molar-refractivity contribution < 1.29 is 9.47 Å². The third-order valence-electron chi connectivity index (χ3n) is 3.93. The van der Waals surface area contributed by atoms with Crippen LogP contribution in [0.25, 0.3) is 0 Å². The summed E-state index contributed by atoms with van der Waals surface area (Å²) >= 11 is 0. The molecule has 0 saturated heterocycles. The van der Waals surface area contributed by atoms with Crippen molar-refractivity contribution in [2.75, 3.05) is 40.2 Å². The summed E-state index contributed by atoms with van der Waals surface area (Å²) in [5.74, 6) is 2.11. The van der Waals surface area contributed by atoms with Crippen LogP contribution >= 0.6 is 0 Å². The highest BCUT2D eigenvalue weighted by Gasteiger charge is 2.07. The predicted molar refractivity (Wildman–Crippen MR) is 112 cm³/mol. The predicted octanol–water partition coefficient (Wildman–Crippen LogP) is 3.34. The number of nitrogens with zero attached hydrogens (tertiary/aromatic N) is 2. The average Bonchev–Trinajstić information content (AvgIpc) is 2.67. The average molecular weight is 370 g/mol. The van der Waals surface area contributed by atoms with Crippen molar-refractivity contribution in [1.82, 2.24) is 10.2 Å². The maximum atomic E-state index is 5.55. The maximum absolute atomic E-state index is 5.55. The van der Waals surface area contributed by atoms with Crippen LogP contribution in [0.5, 0.6) is 11.5 Å². The summed E-state index contributed by atoms with van der Waals surface area (Å²) in [5.41, 5.74) is 3.38. The van der Waals surface area contributed by atoms with Gasteiger partial charge in [0, 0.05) is 31.9 Å². The van der Waals surface area contributed by atoms with Gasteiger partial charge in [0.1, 0.15) is 0 Å². The lowest BCUT2D eigenvalue weighted by molar-refractivity contribution is 0.311. The zero-order valence-electron chi connectivity index (χ0n) is 16.9. The SMILES string of the molecule is CCOc1ccc(NC(=NC)NCc2ccc(CN(C)C)cc2)cc1OC. The Morgan fingerprint density at radius 3 is 2.33 bits per heavy atom. The summed E-state index contributed by atoms with van der Waals surface area (Å²) in [7, 11) is 7.53. The van der Waals surface area contributed by atoms with Crippen LogP contribution in [-0.2, 0) is 13.1 Å². The minimum Gasteiger partial charge on any atom is -0.493 e. The lowest BCUT2D eigenvalue weighted by atomic mass is 10.1. The Hall–Kier alpha value is -2.73. The van der Waals surface area contributed by atoms with Crippen molar-refractivity contribution in [3.8, 4) is 11.5 Å². The largest absolute Gasteiger partial charge is 0.493 e. The van der Waals surface area contributed by atoms with Gasteiger partial charge in [-0.15, -0.1) is 0 Å². The highest BCUT2D eigenvalue weighted by molar-refractivity contribution is 5.93. The number of anilines is 1. The van der Waals surface area contributed by atoms with Gasteiger partial charge in [0.2, 0.25) is 0 Å². The molecule has 2 N–H and O–H groups in total. The normalized spacial score (nSPS) is 11.4. The van der Waals surface area contributed by atoms with E-state index in [1.807, 2.05) is 25.1 Å². The first-order valence-corrected chi connectivity index (χ1v) is 9.06. The molecule has 0 bridgehead atoms. The van der Waals surface area contributed by atoms with E-state index in [0.717, 1.165) is 18.0 Å². The Kier molecular flexibility index (Phi) is 7.95. The van der Waals surface area contributed by atoms with Gasteiger partial charge in [0.15, 0.2) is 17.5 Å². The van der Waals surface area contributed by atoms with Crippen molar-refractivity contribution in [3.05, 3.63) is 53.6 Å². The van der Waals surface area contributed by atoms with Crippen LogP contribution in [0.1, 0.15) is 18.1 Å². The quantitative estimate of drug-likeness (QED) is 0.551. The van der Waals surface area contributed by atoms with E-state index in [2.05, 4.69) is 58.9 Å². The number of aliphatic imine (C=N–C) groups is 1. The van der Waals surface area contributed by atoms with E-state index >= 15 is 0 Å². The zero-order valence-corrected chi connectivity index (χ0v) is 16.9. The molecule has 0 atom stereocenters. The Bertz CT molecular complexity index is 742. The van der Waals surface area contributed by atoms with Crippen molar-refractivity contribution in [2.45, 2.75) is 20.0 Å². The van der Waals surface area contributed by atoms with E-state index < -0.39 is 0 Å². The molecule has 0 heterocycles. The highest BCUT2D eigenvalue weighted by atomic mass is 16.5. The van der Waals surface area contributed by atoms with E-state index in [1.54, 1.807) is 14.2 Å². The molecule has 0 aliphatic rings. The number of methoxy groups -OCH3 is 1. The van der Waals surface area contributed by atoms with E-state index in [4.69, 9.17) is 9.47 Å². The van der Waals surface area contributed by atoms with Crippen LogP contribution in [0, 0.1) is 0 Å². The molecule has 0 aliphatic carbocycles. The molecule has 146 valence electrons. The third-order valence-corrected chi connectivity index (χ3v) is 3.93. The summed E-state index contributed by atoms with van der Waals surface area (Å²) in [6.45, 7) is 4.18. The van der Waals surface area contributed by atoms with Gasteiger partial charge in [0.25, 0.3) is 0 Å². The second-order valence-corrected chi connectivity index (χ2v) is 6.40. The first kappa shape index (κ1) is 20.6. The van der Waals surface area contributed by atoms with Crippen molar-refractivity contribution in [3.63, 3.8) is 0 Å². The summed E-state index contributed by atoms with van der Waals surface area (Å²) in [5, 5.41) is 6.61. The van der Waals surface area contributed by atoms with E-state index in [1.165, 1.54) is 11.1 Å². The van der Waals surface area contributed by atoms with Crippen molar-refractivity contribution in [2.24, 2.45) is 4.99 Å². The second-order valence-electron chi connectivity index (χ2n) is 6.40. The molecule has 0 saturated carbocycles. The molecule has 6 heteroatoms. The fourth-order valence-electron chi connectivity index (χ4n) is 2.65. The summed E-state index contributed by atoms with van der Waals surface area (Å²) in [6, 6.07) is 14.3. The van der Waals surface area contributed by atoms with Crippen molar-refractivity contribution in [1.29, 1.82) is 0 Å². The molecule has 0 spiro atoms. The molecular formula is C21H30N4O2. The second kappa shape index (κ2) is 10.4. The summed E-state index contributed by atoms with van der Waals surface area (Å²) < 4.78 is 10.9. The smallest absolute Gasteiger partial charge is 0.195 e. The lowest BCUT2D eigenvalue weighted by Crippen LogP contribution is -2.30. The summed E-state index contributed by atoms with van der Waals surface area (Å²) in [4.78, 5) is 6.44. The number of ether oxygens (including phenoxy) is 2. The van der Waals surface area contributed by atoms with Gasteiger partial charge in [-0.1, -0.05) is 24.3 Å². The molecule has 6 nitrogen and oxygen atoms in total. The molecule has 0 amide bonds. The molecule has 2 aromatic carbocycles. The van der Waals surface area contributed by atoms with E-state index in [-0.39, 0.29) is 0 Å². The zero-order chi connectivity index (χ0) is 19.6. The molecule has 27 heavy (non-hydrogen) atoms. The first-order chi connectivity index (χ1) is 13.0. The molecule has 0 unspecified atom stereocenters. The van der Waals surface area contributed by atoms with Gasteiger partial charge in [-0.3, -0.25) is 4.99 Å². The Morgan fingerprint density at radius 1 is 1.04 bits per heavy atom. The fraction of sp³-hybridized carbons (Fsp3) is 0.381. The van der Waals surface area contributed by atoms with Gasteiger partial charge < -0.3 is 25.0 Å². The van der Waals surface area contributed by atoms with Crippen LogP contribution < -0.4 is 20.1 Å². The monoisotopic (exact) mass is 370 g/mol. The fourth-order valence-corrected chi connectivity index (χ4v) is 2.65. The maximum Gasteiger partial charge on any atom is 0.195 e. The minimum atomic E-state index is 0.597. The molecule has 0 aliphatic heterocycles. The van der Waals surface area contributed by atoms with Crippen molar-refractivity contribution >= 4 is 11.6 Å². The third kappa shape index (κ3) is 6.49. The highest BCUT2D eigenvalue weighted by Crippen LogP contribution is 2.30. The van der Waals surface area contributed by atoms with Gasteiger partial charge in [-0.2, -0.15) is 0 Å². The van der Waals surface area contributed by atoms with Crippen LogP contribution in [0.3, 0.4) is 0 Å². The molecule has 0 radical (unpaired) electrons. The van der Waals surface area contributed by atoms with E-state index in [9.17, 15) is 0 Å². The van der Waals surface area contributed by atoms with Crippen LogP contribution in [0.4, 0.5) is 5.69 Å². The number of rotatable bonds is 8. The lowest BCUT2D eigenvalue weighted by Gasteiger charge is -2.15. The number of hydrogen-bond acceptors (Lipinski definition) is 4.